The molecule has 110 valence electrons. The van der Waals surface area contributed by atoms with E-state index in [1.54, 1.807) is 0 Å². The number of rotatable bonds is 1. The molecule has 1 aromatic carbocycles. The maximum Gasteiger partial charge on any atom is 0.247 e. The third-order valence-electron chi connectivity index (χ3n) is 4.05. The lowest BCUT2D eigenvalue weighted by Gasteiger charge is -2.40. The molecule has 0 unspecified atom stereocenters. The number of nitrogens with one attached hydrogen (secondary N) is 1. The summed E-state index contributed by atoms with van der Waals surface area (Å²) in [6.07, 6.45) is 0.928. The molecular formula is C16H23BrN2O. The van der Waals surface area contributed by atoms with Crippen molar-refractivity contribution in [3.8, 4) is 0 Å². The van der Waals surface area contributed by atoms with E-state index in [9.17, 15) is 4.79 Å². The summed E-state index contributed by atoms with van der Waals surface area (Å²) < 4.78 is 1.04. The molecule has 0 spiro atoms. The molecule has 3 nitrogen and oxygen atoms in total. The normalized spacial score (nSPS) is 21.7. The van der Waals surface area contributed by atoms with Crippen LogP contribution in [0.15, 0.2) is 22.7 Å². The Labute approximate surface area is 129 Å². The molecule has 1 saturated heterocycles. The van der Waals surface area contributed by atoms with E-state index in [-0.39, 0.29) is 11.4 Å². The number of carbonyl (C=O) groups excluding carboxylic acids is 1. The molecule has 1 aromatic rings. The van der Waals surface area contributed by atoms with Crippen LogP contribution in [0.2, 0.25) is 0 Å². The number of halogens is 1. The molecule has 0 aromatic heterocycles. The van der Waals surface area contributed by atoms with Crippen LogP contribution in [0.5, 0.6) is 0 Å². The first kappa shape index (κ1) is 15.5. The fraction of sp³-hybridized carbons (Fsp3) is 0.562. The number of anilines is 1. The monoisotopic (exact) mass is 338 g/mol. The van der Waals surface area contributed by atoms with E-state index in [0.717, 1.165) is 28.7 Å². The first-order chi connectivity index (χ1) is 9.15. The highest BCUT2D eigenvalue weighted by Gasteiger charge is 2.42. The average Bonchev–Trinajstić information content (AvgIpc) is 2.37. The SMILES string of the molecule is Cc1cc(Br)ccc1N1C(=O)C(C)(C)NCCC1(C)C. The number of hydrogen-bond donors (Lipinski definition) is 1. The molecule has 1 amide bonds. The van der Waals surface area contributed by atoms with E-state index >= 15 is 0 Å². The Morgan fingerprint density at radius 3 is 2.50 bits per heavy atom. The van der Waals surface area contributed by atoms with Gasteiger partial charge in [-0.05, 0) is 71.3 Å². The highest BCUT2D eigenvalue weighted by Crippen LogP contribution is 2.34. The van der Waals surface area contributed by atoms with Gasteiger partial charge in [-0.3, -0.25) is 4.79 Å². The number of amides is 1. The Balaban J connectivity index is 2.56. The van der Waals surface area contributed by atoms with Gasteiger partial charge in [0, 0.05) is 15.7 Å². The molecule has 1 aliphatic heterocycles. The maximum absolute atomic E-state index is 13.0. The third kappa shape index (κ3) is 2.77. The van der Waals surface area contributed by atoms with Gasteiger partial charge in [0.25, 0.3) is 0 Å². The first-order valence-corrected chi connectivity index (χ1v) is 7.80. The molecular weight excluding hydrogens is 316 g/mol. The summed E-state index contributed by atoms with van der Waals surface area (Å²) in [6, 6.07) is 6.08. The van der Waals surface area contributed by atoms with E-state index in [1.807, 2.05) is 30.9 Å². The summed E-state index contributed by atoms with van der Waals surface area (Å²) >= 11 is 3.49. The van der Waals surface area contributed by atoms with Crippen molar-refractivity contribution in [2.24, 2.45) is 0 Å². The van der Waals surface area contributed by atoms with Crippen LogP contribution in [0, 0.1) is 6.92 Å². The van der Waals surface area contributed by atoms with Crippen molar-refractivity contribution in [1.29, 1.82) is 0 Å². The second-order valence-electron chi connectivity index (χ2n) is 6.69. The zero-order chi connectivity index (χ0) is 15.1. The Morgan fingerprint density at radius 2 is 1.90 bits per heavy atom. The van der Waals surface area contributed by atoms with E-state index in [4.69, 9.17) is 0 Å². The van der Waals surface area contributed by atoms with Crippen LogP contribution in [0.4, 0.5) is 5.69 Å². The van der Waals surface area contributed by atoms with E-state index in [1.165, 1.54) is 0 Å². The molecule has 1 N–H and O–H groups in total. The minimum absolute atomic E-state index is 0.130. The average molecular weight is 339 g/mol. The molecule has 1 aliphatic rings. The summed E-state index contributed by atoms with van der Waals surface area (Å²) in [7, 11) is 0. The molecule has 0 radical (unpaired) electrons. The smallest absolute Gasteiger partial charge is 0.247 e. The minimum Gasteiger partial charge on any atom is -0.305 e. The summed E-state index contributed by atoms with van der Waals surface area (Å²) in [5.74, 6) is 0.130. The second kappa shape index (κ2) is 5.15. The Bertz CT molecular complexity index is 537. The predicted octanol–water partition coefficient (Wildman–Crippen LogP) is 3.64. The lowest BCUT2D eigenvalue weighted by atomic mass is 9.95. The van der Waals surface area contributed by atoms with Crippen molar-refractivity contribution < 1.29 is 4.79 Å². The molecule has 4 heteroatoms. The zero-order valence-corrected chi connectivity index (χ0v) is 14.5. The topological polar surface area (TPSA) is 32.3 Å². The summed E-state index contributed by atoms with van der Waals surface area (Å²) in [5, 5.41) is 3.36. The highest BCUT2D eigenvalue weighted by atomic mass is 79.9. The van der Waals surface area contributed by atoms with Gasteiger partial charge in [0.05, 0.1) is 5.54 Å². The van der Waals surface area contributed by atoms with E-state index in [0.29, 0.717) is 0 Å². The van der Waals surface area contributed by atoms with Crippen LogP contribution in [0.25, 0.3) is 0 Å². The fourth-order valence-corrected chi connectivity index (χ4v) is 3.20. The zero-order valence-electron chi connectivity index (χ0n) is 12.9. The number of benzene rings is 1. The van der Waals surface area contributed by atoms with Crippen LogP contribution in [-0.2, 0) is 4.79 Å². The number of carbonyl (C=O) groups is 1. The van der Waals surface area contributed by atoms with Crippen LogP contribution >= 0.6 is 15.9 Å². The van der Waals surface area contributed by atoms with Crippen LogP contribution in [0.3, 0.4) is 0 Å². The van der Waals surface area contributed by atoms with Crippen molar-refractivity contribution in [3.63, 3.8) is 0 Å². The molecule has 0 aliphatic carbocycles. The van der Waals surface area contributed by atoms with Gasteiger partial charge in [0.1, 0.15) is 0 Å². The molecule has 0 saturated carbocycles. The van der Waals surface area contributed by atoms with Gasteiger partial charge in [0.15, 0.2) is 0 Å². The van der Waals surface area contributed by atoms with Gasteiger partial charge < -0.3 is 10.2 Å². The maximum atomic E-state index is 13.0. The Kier molecular flexibility index (Phi) is 4.00. The third-order valence-corrected chi connectivity index (χ3v) is 4.54. The molecule has 0 bridgehead atoms. The van der Waals surface area contributed by atoms with Gasteiger partial charge in [0.2, 0.25) is 5.91 Å². The lowest BCUT2D eigenvalue weighted by molar-refractivity contribution is -0.124. The minimum atomic E-state index is -0.534. The Morgan fingerprint density at radius 1 is 1.25 bits per heavy atom. The van der Waals surface area contributed by atoms with Gasteiger partial charge in [-0.2, -0.15) is 0 Å². The van der Waals surface area contributed by atoms with Crippen LogP contribution < -0.4 is 10.2 Å². The number of nitrogens with zero attached hydrogens (tertiary/aromatic N) is 1. The summed E-state index contributed by atoms with van der Waals surface area (Å²) in [6.45, 7) is 11.1. The van der Waals surface area contributed by atoms with Crippen LogP contribution in [-0.4, -0.2) is 23.5 Å². The quantitative estimate of drug-likeness (QED) is 0.847. The largest absolute Gasteiger partial charge is 0.305 e. The number of hydrogen-bond acceptors (Lipinski definition) is 2. The second-order valence-corrected chi connectivity index (χ2v) is 7.60. The molecule has 0 atom stereocenters. The lowest BCUT2D eigenvalue weighted by Crippen LogP contribution is -2.56. The standard InChI is InChI=1S/C16H23BrN2O/c1-11-10-12(17)6-7-13(11)19-14(20)16(4,5)18-9-8-15(19,2)3/h6-7,10,18H,8-9H2,1-5H3. The fourth-order valence-electron chi connectivity index (χ4n) is 2.73. The van der Waals surface area contributed by atoms with Gasteiger partial charge in [-0.1, -0.05) is 15.9 Å². The van der Waals surface area contributed by atoms with Crippen molar-refractivity contribution in [1.82, 2.24) is 5.32 Å². The molecule has 2 rings (SSSR count). The number of aryl methyl sites for hydroxylation is 1. The summed E-state index contributed by atoms with van der Waals surface area (Å²) in [5.41, 5.74) is 1.38. The molecule has 1 fully saturated rings. The van der Waals surface area contributed by atoms with Gasteiger partial charge >= 0.3 is 0 Å². The van der Waals surface area contributed by atoms with E-state index in [2.05, 4.69) is 48.1 Å². The van der Waals surface area contributed by atoms with Gasteiger partial charge in [-0.15, -0.1) is 0 Å². The highest BCUT2D eigenvalue weighted by molar-refractivity contribution is 9.10. The van der Waals surface area contributed by atoms with Crippen molar-refractivity contribution >= 4 is 27.5 Å². The van der Waals surface area contributed by atoms with E-state index < -0.39 is 5.54 Å². The van der Waals surface area contributed by atoms with Crippen molar-refractivity contribution in [2.45, 2.75) is 52.1 Å². The predicted molar refractivity (Wildman–Crippen MR) is 87.1 cm³/mol. The molecule has 20 heavy (non-hydrogen) atoms. The van der Waals surface area contributed by atoms with Gasteiger partial charge in [-0.25, -0.2) is 0 Å². The summed E-state index contributed by atoms with van der Waals surface area (Å²) in [4.78, 5) is 14.9. The Hall–Kier alpha value is -0.870. The van der Waals surface area contributed by atoms with Crippen LogP contribution in [0.1, 0.15) is 39.7 Å². The van der Waals surface area contributed by atoms with Crippen molar-refractivity contribution in [2.75, 3.05) is 11.4 Å². The molecule has 1 heterocycles. The first-order valence-electron chi connectivity index (χ1n) is 7.01. The van der Waals surface area contributed by atoms with Crippen molar-refractivity contribution in [3.05, 3.63) is 28.2 Å².